The maximum absolute atomic E-state index is 13.8. The molecule has 302 valence electrons. The predicted molar refractivity (Wildman–Crippen MR) is 215 cm³/mol. The number of aryl methyl sites for hydroxylation is 4. The molecule has 10 N–H and O–H groups in total. The van der Waals surface area contributed by atoms with Gasteiger partial charge in [0.1, 0.15) is 35.4 Å². The quantitative estimate of drug-likeness (QED) is 0.0937. The Balaban J connectivity index is 1.35. The Kier molecular flexibility index (Phi) is 10.2. The van der Waals surface area contributed by atoms with Crippen molar-refractivity contribution in [2.75, 3.05) is 47.3 Å². The largest absolute Gasteiger partial charge is 0.491 e. The highest BCUT2D eigenvalue weighted by Gasteiger charge is 2.30. The van der Waals surface area contributed by atoms with E-state index in [4.69, 9.17) is 37.6 Å². The Hall–Kier alpha value is -7.45. The van der Waals surface area contributed by atoms with E-state index in [2.05, 4.69) is 20.8 Å². The van der Waals surface area contributed by atoms with Crippen LogP contribution < -0.4 is 48.0 Å². The number of nitrogens with zero attached hydrogens (tertiary/aromatic N) is 10. The first-order chi connectivity index (χ1) is 27.7. The number of nitrogens with two attached hydrogens (primary N) is 4. The first-order valence-electron chi connectivity index (χ1n) is 18.6. The van der Waals surface area contributed by atoms with Crippen molar-refractivity contribution in [2.45, 2.75) is 60.3 Å². The molecule has 7 rings (SSSR count). The minimum atomic E-state index is -0.683. The number of nitrogens with one attached hydrogen (secondary N) is 2. The van der Waals surface area contributed by atoms with Crippen LogP contribution in [0.1, 0.15) is 73.3 Å². The lowest BCUT2D eigenvalue weighted by Gasteiger charge is -2.18. The molecule has 5 aromatic heterocycles. The van der Waals surface area contributed by atoms with Crippen molar-refractivity contribution in [3.8, 4) is 5.75 Å². The molecule has 0 aliphatic carbocycles. The number of rotatable bonds is 8. The van der Waals surface area contributed by atoms with E-state index in [-0.39, 0.29) is 65.5 Å². The summed E-state index contributed by atoms with van der Waals surface area (Å²) in [6.07, 6.45) is 5.76. The zero-order valence-electron chi connectivity index (χ0n) is 32.7. The Labute approximate surface area is 331 Å². The van der Waals surface area contributed by atoms with Crippen molar-refractivity contribution in [1.82, 2.24) is 38.7 Å². The van der Waals surface area contributed by atoms with Gasteiger partial charge in [0.15, 0.2) is 5.52 Å². The number of primary amides is 2. The highest BCUT2D eigenvalue weighted by Crippen LogP contribution is 2.32. The van der Waals surface area contributed by atoms with Gasteiger partial charge in [0.25, 0.3) is 17.7 Å². The maximum atomic E-state index is 13.8. The molecule has 21 nitrogen and oxygen atoms in total. The molecule has 0 spiro atoms. The first-order valence-corrected chi connectivity index (χ1v) is 18.6. The Bertz CT molecular complexity index is 2680. The second-order valence-electron chi connectivity index (χ2n) is 13.7. The van der Waals surface area contributed by atoms with Crippen LogP contribution in [0.3, 0.4) is 0 Å². The summed E-state index contributed by atoms with van der Waals surface area (Å²) in [5, 5.41) is 16.4. The average Bonchev–Trinajstić information content (AvgIpc) is 3.89. The summed E-state index contributed by atoms with van der Waals surface area (Å²) in [5.41, 5.74) is 28.1. The SMILES string of the molecule is CCn1nc(C)c(N)c1C(=O)Nc1nc2cc(C(N)=O)cc3c2n1C/C=C/Cn1c(NC(=O)c2c(N)c(C)nn2CC)nc2cc(C(N)=O)c[n+](c21)N(C)CCCO3. The lowest BCUT2D eigenvalue weighted by atomic mass is 10.1. The Morgan fingerprint density at radius 3 is 1.90 bits per heavy atom. The number of carbonyl (C=O) groups is 4. The van der Waals surface area contributed by atoms with Crippen LogP contribution >= 0.6 is 0 Å². The van der Waals surface area contributed by atoms with E-state index in [1.807, 2.05) is 38.1 Å². The maximum Gasteiger partial charge on any atom is 0.334 e. The van der Waals surface area contributed by atoms with Crippen molar-refractivity contribution < 1.29 is 28.6 Å². The highest BCUT2D eigenvalue weighted by atomic mass is 16.5. The van der Waals surface area contributed by atoms with E-state index in [1.54, 1.807) is 46.0 Å². The molecule has 1 aromatic carbocycles. The van der Waals surface area contributed by atoms with Crippen molar-refractivity contribution in [3.63, 3.8) is 0 Å². The number of hydrogen-bond donors (Lipinski definition) is 6. The number of benzene rings is 1. The Morgan fingerprint density at radius 1 is 0.793 bits per heavy atom. The normalized spacial score (nSPS) is 13.8. The molecule has 0 saturated heterocycles. The van der Waals surface area contributed by atoms with E-state index in [9.17, 15) is 19.2 Å². The summed E-state index contributed by atoms with van der Waals surface area (Å²) in [6.45, 7) is 8.87. The van der Waals surface area contributed by atoms with E-state index in [1.165, 1.54) is 15.4 Å². The summed E-state index contributed by atoms with van der Waals surface area (Å²) in [5.74, 6) is -1.75. The van der Waals surface area contributed by atoms with Gasteiger partial charge in [-0.1, -0.05) is 6.08 Å². The molecule has 0 fully saturated rings. The summed E-state index contributed by atoms with van der Waals surface area (Å²) in [4.78, 5) is 62.1. The van der Waals surface area contributed by atoms with Crippen LogP contribution in [-0.2, 0) is 26.2 Å². The van der Waals surface area contributed by atoms with E-state index in [0.717, 1.165) is 0 Å². The number of anilines is 4. The fourth-order valence-electron chi connectivity index (χ4n) is 6.99. The molecule has 1 aliphatic heterocycles. The van der Waals surface area contributed by atoms with E-state index >= 15 is 0 Å². The molecule has 6 aromatic rings. The van der Waals surface area contributed by atoms with Gasteiger partial charge in [0.2, 0.25) is 11.9 Å². The van der Waals surface area contributed by atoms with Crippen LogP contribution in [0.4, 0.5) is 23.3 Å². The van der Waals surface area contributed by atoms with Crippen LogP contribution in [0.2, 0.25) is 0 Å². The smallest absolute Gasteiger partial charge is 0.334 e. The third kappa shape index (κ3) is 6.85. The minimum Gasteiger partial charge on any atom is -0.491 e. The summed E-state index contributed by atoms with van der Waals surface area (Å²) in [7, 11) is 1.83. The van der Waals surface area contributed by atoms with Crippen LogP contribution in [0.5, 0.6) is 5.75 Å². The third-order valence-corrected chi connectivity index (χ3v) is 9.93. The number of nitrogen functional groups attached to an aromatic ring is 2. The van der Waals surface area contributed by atoms with Gasteiger partial charge in [-0.3, -0.25) is 39.2 Å². The number of carbonyl (C=O) groups excluding carboxylic acids is 4. The van der Waals surface area contributed by atoms with Gasteiger partial charge in [-0.2, -0.15) is 19.7 Å². The fourth-order valence-corrected chi connectivity index (χ4v) is 6.99. The zero-order chi connectivity index (χ0) is 41.6. The second kappa shape index (κ2) is 15.2. The molecular weight excluding hydrogens is 749 g/mol. The topological polar surface area (TPSA) is 284 Å². The van der Waals surface area contributed by atoms with Gasteiger partial charge < -0.3 is 32.2 Å². The lowest BCUT2D eigenvalue weighted by Crippen LogP contribution is -2.57. The van der Waals surface area contributed by atoms with Gasteiger partial charge in [0, 0.05) is 38.7 Å². The van der Waals surface area contributed by atoms with E-state index < -0.39 is 23.6 Å². The molecule has 1 aliphatic rings. The Morgan fingerprint density at radius 2 is 1.33 bits per heavy atom. The van der Waals surface area contributed by atoms with Gasteiger partial charge in [-0.05, 0) is 52.0 Å². The van der Waals surface area contributed by atoms with Crippen LogP contribution in [0.25, 0.3) is 22.2 Å². The van der Waals surface area contributed by atoms with E-state index in [0.29, 0.717) is 65.4 Å². The number of allylic oxidation sites excluding steroid dienone is 2. The molecule has 0 saturated carbocycles. The molecule has 58 heavy (non-hydrogen) atoms. The van der Waals surface area contributed by atoms with Crippen LogP contribution in [-0.4, -0.2) is 82.5 Å². The minimum absolute atomic E-state index is 0.152. The number of ether oxygens (including phenoxy) is 1. The summed E-state index contributed by atoms with van der Waals surface area (Å²) >= 11 is 0. The number of aromatic nitrogens is 9. The molecular formula is C37H45N16O5+. The molecule has 4 amide bonds. The summed E-state index contributed by atoms with van der Waals surface area (Å²) < 4.78 is 14.6. The second-order valence-corrected chi connectivity index (χ2v) is 13.7. The number of hydrogen-bond acceptors (Lipinski definition) is 12. The highest BCUT2D eigenvalue weighted by molar-refractivity contribution is 6.08. The van der Waals surface area contributed by atoms with Crippen molar-refractivity contribution in [3.05, 3.63) is 70.5 Å². The third-order valence-electron chi connectivity index (χ3n) is 9.93. The van der Waals surface area contributed by atoms with Crippen molar-refractivity contribution in [1.29, 1.82) is 0 Å². The van der Waals surface area contributed by atoms with Gasteiger partial charge in [0.05, 0.1) is 47.0 Å². The van der Waals surface area contributed by atoms with Gasteiger partial charge >= 0.3 is 11.6 Å². The first kappa shape index (κ1) is 38.8. The molecule has 0 atom stereocenters. The molecule has 6 heterocycles. The molecule has 21 heteroatoms. The number of amides is 4. The lowest BCUT2D eigenvalue weighted by molar-refractivity contribution is -0.667. The summed E-state index contributed by atoms with van der Waals surface area (Å²) in [6, 6.07) is 4.65. The fraction of sp³-hybridized carbons (Fsp3) is 0.324. The predicted octanol–water partition coefficient (Wildman–Crippen LogP) is 1.20. The van der Waals surface area contributed by atoms with Gasteiger partial charge in [-0.15, -0.1) is 4.68 Å². The standard InChI is InChI=1S/C37H44N16O5/c1-6-51-29(26(38)19(3)46-51)33(56)44-36-42-23-15-21(31(40)54)17-25-28(23)49(36)12-8-9-13-50-35-24(16-22(32(41)55)18-53(35)48(5)11-10-14-58-25)43-37(50)45-34(57)30-27(39)20(4)47-52(30)7-2/h8-9,15-18H,6-7,10-14H2,1-5H3,(H9-,38,39,40,41,42,43,44,45,54,55,56,57)/p+1/b9-8+. The van der Waals surface area contributed by atoms with Crippen molar-refractivity contribution in [2.24, 2.45) is 11.5 Å². The van der Waals surface area contributed by atoms with Gasteiger partial charge in [-0.25, -0.2) is 9.99 Å². The average molecular weight is 794 g/mol. The molecule has 0 bridgehead atoms. The number of imidazole rings is 2. The zero-order valence-corrected chi connectivity index (χ0v) is 32.7. The van der Waals surface area contributed by atoms with Crippen LogP contribution in [0, 0.1) is 13.8 Å². The van der Waals surface area contributed by atoms with Crippen molar-refractivity contribution >= 4 is 69.1 Å². The monoisotopic (exact) mass is 793 g/mol. The van der Waals surface area contributed by atoms with Crippen LogP contribution in [0.15, 0.2) is 36.5 Å². The molecule has 0 unspecified atom stereocenters. The molecule has 0 radical (unpaired) electrons. The number of pyridine rings is 1.